The maximum atomic E-state index is 8.61. The minimum Gasteiger partial charge on any atom is -0.493 e. The van der Waals surface area contributed by atoms with Crippen LogP contribution in [0.2, 0.25) is 5.02 Å². The summed E-state index contributed by atoms with van der Waals surface area (Å²) in [7, 11) is 1.56. The number of nitrogens with zero attached hydrogens (tertiary/aromatic N) is 1. The number of rotatable bonds is 5. The SMILES string of the molecule is COc1cc(/C=N\O)cc(I)c1OCc1ccccc1Cl. The second-order valence-corrected chi connectivity index (χ2v) is 5.73. The maximum absolute atomic E-state index is 8.61. The van der Waals surface area contributed by atoms with Crippen molar-refractivity contribution in [2.24, 2.45) is 5.16 Å². The fraction of sp³-hybridized carbons (Fsp3) is 0.133. The first-order valence-electron chi connectivity index (χ1n) is 6.07. The third-order valence-corrected chi connectivity index (χ3v) is 3.96. The Hall–Kier alpha value is -1.47. The molecule has 0 atom stereocenters. The lowest BCUT2D eigenvalue weighted by Gasteiger charge is -2.14. The van der Waals surface area contributed by atoms with Crippen LogP contribution in [0, 0.1) is 3.57 Å². The van der Waals surface area contributed by atoms with Gasteiger partial charge in [-0.05, 0) is 40.8 Å². The quantitative estimate of drug-likeness (QED) is 0.341. The van der Waals surface area contributed by atoms with Crippen LogP contribution in [0.3, 0.4) is 0 Å². The Morgan fingerprint density at radius 2 is 2.10 bits per heavy atom. The zero-order valence-corrected chi connectivity index (χ0v) is 14.1. The molecule has 21 heavy (non-hydrogen) atoms. The smallest absolute Gasteiger partial charge is 0.174 e. The Kier molecular flexibility index (Phi) is 5.69. The number of oxime groups is 1. The molecule has 2 aromatic rings. The molecule has 2 aromatic carbocycles. The van der Waals surface area contributed by atoms with Gasteiger partial charge < -0.3 is 14.7 Å². The predicted octanol–water partition coefficient (Wildman–Crippen LogP) is 4.34. The van der Waals surface area contributed by atoms with Crippen LogP contribution in [0.1, 0.15) is 11.1 Å². The van der Waals surface area contributed by atoms with Crippen LogP contribution in [0.15, 0.2) is 41.6 Å². The lowest BCUT2D eigenvalue weighted by atomic mass is 10.2. The highest BCUT2D eigenvalue weighted by atomic mass is 127. The summed E-state index contributed by atoms with van der Waals surface area (Å²) in [5.74, 6) is 1.21. The summed E-state index contributed by atoms with van der Waals surface area (Å²) in [6.45, 7) is 0.347. The van der Waals surface area contributed by atoms with Gasteiger partial charge in [-0.15, -0.1) is 0 Å². The number of hydrogen-bond acceptors (Lipinski definition) is 4. The number of hydrogen-bond donors (Lipinski definition) is 1. The molecule has 0 spiro atoms. The molecule has 1 N–H and O–H groups in total. The zero-order valence-electron chi connectivity index (χ0n) is 11.2. The van der Waals surface area contributed by atoms with Gasteiger partial charge in [-0.25, -0.2) is 0 Å². The molecule has 0 aromatic heterocycles. The molecule has 0 aliphatic rings. The Morgan fingerprint density at radius 1 is 1.33 bits per heavy atom. The first kappa shape index (κ1) is 15.9. The zero-order chi connectivity index (χ0) is 15.2. The van der Waals surface area contributed by atoms with Crippen molar-refractivity contribution < 1.29 is 14.7 Å². The molecule has 110 valence electrons. The molecule has 0 radical (unpaired) electrons. The van der Waals surface area contributed by atoms with Gasteiger partial charge in [0.15, 0.2) is 11.5 Å². The van der Waals surface area contributed by atoms with Gasteiger partial charge in [0.1, 0.15) is 6.61 Å². The predicted molar refractivity (Wildman–Crippen MR) is 90.9 cm³/mol. The Morgan fingerprint density at radius 3 is 2.76 bits per heavy atom. The molecule has 0 aliphatic heterocycles. The highest BCUT2D eigenvalue weighted by molar-refractivity contribution is 14.1. The average Bonchev–Trinajstić information content (AvgIpc) is 2.47. The standard InChI is InChI=1S/C15H13ClINO3/c1-20-14-7-10(8-18-19)6-13(17)15(14)21-9-11-4-2-3-5-12(11)16/h2-8,19H,9H2,1H3/b18-8-. The molecule has 2 rings (SSSR count). The molecule has 0 aliphatic carbocycles. The Balaban J connectivity index is 2.25. The average molecular weight is 418 g/mol. The number of halogens is 2. The minimum absolute atomic E-state index is 0.347. The van der Waals surface area contributed by atoms with Crippen LogP contribution < -0.4 is 9.47 Å². The Labute approximate surface area is 141 Å². The molecule has 0 unspecified atom stereocenters. The van der Waals surface area contributed by atoms with E-state index in [1.54, 1.807) is 13.2 Å². The Bertz CT molecular complexity index is 661. The van der Waals surface area contributed by atoms with Gasteiger partial charge in [-0.3, -0.25) is 0 Å². The van der Waals surface area contributed by atoms with E-state index in [1.807, 2.05) is 30.3 Å². The van der Waals surface area contributed by atoms with Crippen LogP contribution in [-0.4, -0.2) is 18.5 Å². The van der Waals surface area contributed by atoms with Gasteiger partial charge in [0.25, 0.3) is 0 Å². The monoisotopic (exact) mass is 417 g/mol. The van der Waals surface area contributed by atoms with Gasteiger partial charge >= 0.3 is 0 Å². The summed E-state index contributed by atoms with van der Waals surface area (Å²) in [5.41, 5.74) is 1.63. The minimum atomic E-state index is 0.347. The van der Waals surface area contributed by atoms with E-state index in [9.17, 15) is 0 Å². The van der Waals surface area contributed by atoms with E-state index in [1.165, 1.54) is 6.21 Å². The lowest BCUT2D eigenvalue weighted by Crippen LogP contribution is -2.01. The van der Waals surface area contributed by atoms with Crippen molar-refractivity contribution in [3.05, 3.63) is 56.1 Å². The molecular formula is C15H13ClINO3. The van der Waals surface area contributed by atoms with E-state index in [-0.39, 0.29) is 0 Å². The molecule has 0 heterocycles. The maximum Gasteiger partial charge on any atom is 0.174 e. The van der Waals surface area contributed by atoms with Gasteiger partial charge in [0.05, 0.1) is 16.9 Å². The summed E-state index contributed by atoms with van der Waals surface area (Å²) < 4.78 is 12.0. The number of ether oxygens (including phenoxy) is 2. The van der Waals surface area contributed by atoms with Crippen molar-refractivity contribution in [1.82, 2.24) is 0 Å². The molecule has 0 saturated heterocycles. The van der Waals surface area contributed by atoms with Crippen LogP contribution in [0.5, 0.6) is 11.5 Å². The van der Waals surface area contributed by atoms with Gasteiger partial charge in [-0.1, -0.05) is 35.0 Å². The third kappa shape index (κ3) is 4.01. The normalized spacial score (nSPS) is 10.8. The second-order valence-electron chi connectivity index (χ2n) is 4.16. The van der Waals surface area contributed by atoms with Gasteiger partial charge in [0.2, 0.25) is 0 Å². The lowest BCUT2D eigenvalue weighted by molar-refractivity contribution is 0.282. The molecule has 0 amide bonds. The summed E-state index contributed by atoms with van der Waals surface area (Å²) in [4.78, 5) is 0. The van der Waals surface area contributed by atoms with Crippen molar-refractivity contribution >= 4 is 40.4 Å². The van der Waals surface area contributed by atoms with Crippen LogP contribution >= 0.6 is 34.2 Å². The van der Waals surface area contributed by atoms with Crippen molar-refractivity contribution in [3.63, 3.8) is 0 Å². The largest absolute Gasteiger partial charge is 0.493 e. The van der Waals surface area contributed by atoms with Gasteiger partial charge in [0, 0.05) is 16.1 Å². The van der Waals surface area contributed by atoms with Crippen molar-refractivity contribution in [2.75, 3.05) is 7.11 Å². The van der Waals surface area contributed by atoms with Crippen LogP contribution in [0.4, 0.5) is 0 Å². The molecule has 0 bridgehead atoms. The van der Waals surface area contributed by atoms with Gasteiger partial charge in [-0.2, -0.15) is 0 Å². The van der Waals surface area contributed by atoms with E-state index in [0.717, 1.165) is 14.7 Å². The summed E-state index contributed by atoms with van der Waals surface area (Å²) in [6.07, 6.45) is 1.34. The molecule has 4 nitrogen and oxygen atoms in total. The van der Waals surface area contributed by atoms with E-state index in [0.29, 0.717) is 23.1 Å². The van der Waals surface area contributed by atoms with Crippen molar-refractivity contribution in [1.29, 1.82) is 0 Å². The number of benzene rings is 2. The summed E-state index contributed by atoms with van der Waals surface area (Å²) in [5, 5.41) is 12.3. The van der Waals surface area contributed by atoms with Crippen molar-refractivity contribution in [3.8, 4) is 11.5 Å². The van der Waals surface area contributed by atoms with Crippen LogP contribution in [0.25, 0.3) is 0 Å². The second kappa shape index (κ2) is 7.51. The topological polar surface area (TPSA) is 51.0 Å². The highest BCUT2D eigenvalue weighted by Gasteiger charge is 2.12. The van der Waals surface area contributed by atoms with E-state index in [4.69, 9.17) is 26.3 Å². The first-order valence-corrected chi connectivity index (χ1v) is 7.52. The fourth-order valence-electron chi connectivity index (χ4n) is 1.79. The van der Waals surface area contributed by atoms with Crippen molar-refractivity contribution in [2.45, 2.75) is 6.61 Å². The summed E-state index contributed by atoms with van der Waals surface area (Å²) >= 11 is 8.26. The van der Waals surface area contributed by atoms with E-state index < -0.39 is 0 Å². The van der Waals surface area contributed by atoms with Crippen LogP contribution in [-0.2, 0) is 6.61 Å². The highest BCUT2D eigenvalue weighted by Crippen LogP contribution is 2.34. The molecule has 6 heteroatoms. The fourth-order valence-corrected chi connectivity index (χ4v) is 2.76. The molecular weight excluding hydrogens is 405 g/mol. The molecule has 0 saturated carbocycles. The van der Waals surface area contributed by atoms with E-state index in [2.05, 4.69) is 27.7 Å². The molecule has 0 fully saturated rings. The first-order chi connectivity index (χ1) is 10.2. The number of methoxy groups -OCH3 is 1. The van der Waals surface area contributed by atoms with E-state index >= 15 is 0 Å². The third-order valence-electron chi connectivity index (χ3n) is 2.79. The summed E-state index contributed by atoms with van der Waals surface area (Å²) in [6, 6.07) is 11.1.